The van der Waals surface area contributed by atoms with Crippen LogP contribution in [0.15, 0.2) is 18.2 Å². The number of nitrogens with one attached hydrogen (secondary N) is 1. The Labute approximate surface area is 125 Å². The van der Waals surface area contributed by atoms with E-state index in [4.69, 9.17) is 9.47 Å². The maximum Gasteiger partial charge on any atom is 0.224 e. The maximum atomic E-state index is 12.1. The molecule has 1 saturated carbocycles. The first-order chi connectivity index (χ1) is 10.1. The molecule has 5 heteroatoms. The molecule has 116 valence electrons. The minimum Gasteiger partial charge on any atom is -0.493 e. The third-order valence-corrected chi connectivity index (χ3v) is 3.89. The molecule has 0 heterocycles. The predicted molar refractivity (Wildman–Crippen MR) is 79.7 cm³/mol. The Bertz CT molecular complexity index is 489. The predicted octanol–water partition coefficient (Wildman–Crippen LogP) is 1.67. The summed E-state index contributed by atoms with van der Waals surface area (Å²) in [6, 6.07) is 5.32. The van der Waals surface area contributed by atoms with E-state index in [1.807, 2.05) is 6.07 Å². The van der Waals surface area contributed by atoms with E-state index in [1.54, 1.807) is 26.4 Å². The summed E-state index contributed by atoms with van der Waals surface area (Å²) >= 11 is 0. The lowest BCUT2D eigenvalue weighted by Crippen LogP contribution is -2.45. The van der Waals surface area contributed by atoms with Gasteiger partial charge in [-0.2, -0.15) is 0 Å². The molecule has 1 aliphatic rings. The van der Waals surface area contributed by atoms with Crippen LogP contribution < -0.4 is 14.8 Å². The van der Waals surface area contributed by atoms with Crippen molar-refractivity contribution in [3.63, 3.8) is 0 Å². The average molecular weight is 293 g/mol. The Morgan fingerprint density at radius 2 is 1.95 bits per heavy atom. The molecule has 2 N–H and O–H groups in total. The van der Waals surface area contributed by atoms with Crippen LogP contribution in [0.4, 0.5) is 0 Å². The van der Waals surface area contributed by atoms with Crippen LogP contribution in [0, 0.1) is 0 Å². The normalized spacial score (nSPS) is 21.7. The van der Waals surface area contributed by atoms with Crippen molar-refractivity contribution < 1.29 is 19.4 Å². The van der Waals surface area contributed by atoms with Crippen LogP contribution in [0.3, 0.4) is 0 Å². The molecule has 1 amide bonds. The van der Waals surface area contributed by atoms with Crippen LogP contribution in [0.25, 0.3) is 0 Å². The van der Waals surface area contributed by atoms with E-state index in [-0.39, 0.29) is 18.4 Å². The summed E-state index contributed by atoms with van der Waals surface area (Å²) in [5.41, 5.74) is 0.857. The van der Waals surface area contributed by atoms with Crippen molar-refractivity contribution in [2.75, 3.05) is 14.2 Å². The van der Waals surface area contributed by atoms with Crippen LogP contribution in [0.5, 0.6) is 11.5 Å². The first-order valence-electron chi connectivity index (χ1n) is 7.32. The Morgan fingerprint density at radius 1 is 1.24 bits per heavy atom. The fraction of sp³-hybridized carbons (Fsp3) is 0.562. The van der Waals surface area contributed by atoms with Crippen molar-refractivity contribution in [3.05, 3.63) is 23.8 Å². The van der Waals surface area contributed by atoms with Gasteiger partial charge in [0.25, 0.3) is 0 Å². The summed E-state index contributed by atoms with van der Waals surface area (Å²) in [4.78, 5) is 12.1. The zero-order valence-electron chi connectivity index (χ0n) is 12.6. The molecule has 21 heavy (non-hydrogen) atoms. The number of aliphatic hydroxyl groups excluding tert-OH is 1. The number of carbonyl (C=O) groups is 1. The quantitative estimate of drug-likeness (QED) is 0.866. The van der Waals surface area contributed by atoms with Gasteiger partial charge in [0, 0.05) is 0 Å². The first kappa shape index (κ1) is 15.6. The monoisotopic (exact) mass is 293 g/mol. The number of amides is 1. The molecule has 0 aliphatic heterocycles. The summed E-state index contributed by atoms with van der Waals surface area (Å²) < 4.78 is 10.4. The number of carbonyl (C=O) groups excluding carboxylic acids is 1. The number of aliphatic hydroxyl groups is 1. The van der Waals surface area contributed by atoms with Crippen molar-refractivity contribution in [3.8, 4) is 11.5 Å². The second-order valence-corrected chi connectivity index (χ2v) is 5.39. The number of benzene rings is 1. The minimum atomic E-state index is -0.423. The molecule has 1 aromatic rings. The van der Waals surface area contributed by atoms with E-state index in [9.17, 15) is 9.90 Å². The van der Waals surface area contributed by atoms with Crippen molar-refractivity contribution in [2.45, 2.75) is 44.2 Å². The molecule has 0 unspecified atom stereocenters. The summed E-state index contributed by atoms with van der Waals surface area (Å²) in [6.45, 7) is 0. The summed E-state index contributed by atoms with van der Waals surface area (Å²) in [6.07, 6.45) is 3.54. The van der Waals surface area contributed by atoms with Gasteiger partial charge in [0.15, 0.2) is 11.5 Å². The second-order valence-electron chi connectivity index (χ2n) is 5.39. The Balaban J connectivity index is 1.96. The third kappa shape index (κ3) is 4.11. The number of hydrogen-bond acceptors (Lipinski definition) is 4. The van der Waals surface area contributed by atoms with Gasteiger partial charge in [-0.25, -0.2) is 0 Å². The van der Waals surface area contributed by atoms with E-state index >= 15 is 0 Å². The third-order valence-electron chi connectivity index (χ3n) is 3.89. The van der Waals surface area contributed by atoms with Crippen LogP contribution in [0.2, 0.25) is 0 Å². The molecule has 0 aromatic heterocycles. The zero-order chi connectivity index (χ0) is 15.2. The van der Waals surface area contributed by atoms with Gasteiger partial charge in [0.05, 0.1) is 32.8 Å². The van der Waals surface area contributed by atoms with Crippen LogP contribution >= 0.6 is 0 Å². The molecular formula is C16H23NO4. The summed E-state index contributed by atoms with van der Waals surface area (Å²) in [7, 11) is 3.15. The van der Waals surface area contributed by atoms with Gasteiger partial charge >= 0.3 is 0 Å². The molecule has 1 aromatic carbocycles. The molecule has 0 spiro atoms. The lowest BCUT2D eigenvalue weighted by molar-refractivity contribution is -0.122. The van der Waals surface area contributed by atoms with Gasteiger partial charge in [-0.1, -0.05) is 18.9 Å². The van der Waals surface area contributed by atoms with Gasteiger partial charge in [-0.15, -0.1) is 0 Å². The highest BCUT2D eigenvalue weighted by Crippen LogP contribution is 2.27. The van der Waals surface area contributed by atoms with Gasteiger partial charge in [-0.05, 0) is 30.5 Å². The smallest absolute Gasteiger partial charge is 0.224 e. The zero-order valence-corrected chi connectivity index (χ0v) is 12.6. The van der Waals surface area contributed by atoms with E-state index < -0.39 is 6.10 Å². The average Bonchev–Trinajstić information content (AvgIpc) is 2.49. The molecule has 2 atom stereocenters. The van der Waals surface area contributed by atoms with Crippen molar-refractivity contribution in [1.82, 2.24) is 5.32 Å². The fourth-order valence-electron chi connectivity index (χ4n) is 2.71. The van der Waals surface area contributed by atoms with Gasteiger partial charge in [0.1, 0.15) is 0 Å². The SMILES string of the molecule is COc1ccc(CC(=O)N[C@H]2CCCC[C@@H]2O)cc1OC. The van der Waals surface area contributed by atoms with Crippen LogP contribution in [-0.4, -0.2) is 37.4 Å². The lowest BCUT2D eigenvalue weighted by Gasteiger charge is -2.28. The van der Waals surface area contributed by atoms with Crippen molar-refractivity contribution >= 4 is 5.91 Å². The molecule has 5 nitrogen and oxygen atoms in total. The van der Waals surface area contributed by atoms with Crippen LogP contribution in [-0.2, 0) is 11.2 Å². The topological polar surface area (TPSA) is 67.8 Å². The Hall–Kier alpha value is -1.75. The molecule has 0 bridgehead atoms. The molecule has 1 fully saturated rings. The van der Waals surface area contributed by atoms with Gasteiger partial charge < -0.3 is 19.9 Å². The van der Waals surface area contributed by atoms with Crippen LogP contribution in [0.1, 0.15) is 31.2 Å². The Kier molecular flexibility index (Phi) is 5.44. The van der Waals surface area contributed by atoms with E-state index in [0.29, 0.717) is 11.5 Å². The lowest BCUT2D eigenvalue weighted by atomic mass is 9.92. The highest BCUT2D eigenvalue weighted by molar-refractivity contribution is 5.79. The number of hydrogen-bond donors (Lipinski definition) is 2. The van der Waals surface area contributed by atoms with E-state index in [0.717, 1.165) is 31.2 Å². The summed E-state index contributed by atoms with van der Waals surface area (Å²) in [5, 5.41) is 12.8. The van der Waals surface area contributed by atoms with Gasteiger partial charge in [0.2, 0.25) is 5.91 Å². The fourth-order valence-corrected chi connectivity index (χ4v) is 2.71. The number of methoxy groups -OCH3 is 2. The molecular weight excluding hydrogens is 270 g/mol. The van der Waals surface area contributed by atoms with E-state index in [1.165, 1.54) is 0 Å². The van der Waals surface area contributed by atoms with E-state index in [2.05, 4.69) is 5.32 Å². The van der Waals surface area contributed by atoms with Gasteiger partial charge in [-0.3, -0.25) is 4.79 Å². The molecule has 0 radical (unpaired) electrons. The Morgan fingerprint density at radius 3 is 2.62 bits per heavy atom. The summed E-state index contributed by atoms with van der Waals surface area (Å²) in [5.74, 6) is 1.18. The molecule has 0 saturated heterocycles. The molecule has 1 aliphatic carbocycles. The first-order valence-corrected chi connectivity index (χ1v) is 7.32. The minimum absolute atomic E-state index is 0.0758. The van der Waals surface area contributed by atoms with Crippen molar-refractivity contribution in [1.29, 1.82) is 0 Å². The van der Waals surface area contributed by atoms with Crippen molar-refractivity contribution in [2.24, 2.45) is 0 Å². The standard InChI is InChI=1S/C16H23NO4/c1-20-14-8-7-11(9-15(14)21-2)10-16(19)17-12-5-3-4-6-13(12)18/h7-9,12-13,18H,3-6,10H2,1-2H3,(H,17,19)/t12-,13-/m0/s1. The maximum absolute atomic E-state index is 12.1. The largest absolute Gasteiger partial charge is 0.493 e. The highest BCUT2D eigenvalue weighted by Gasteiger charge is 2.24. The number of rotatable bonds is 5. The highest BCUT2D eigenvalue weighted by atomic mass is 16.5. The second kappa shape index (κ2) is 7.31. The molecule has 2 rings (SSSR count). The number of ether oxygens (including phenoxy) is 2.